The van der Waals surface area contributed by atoms with Gasteiger partial charge in [-0.3, -0.25) is 4.79 Å². The zero-order valence-electron chi connectivity index (χ0n) is 11.4. The minimum absolute atomic E-state index is 0.213. The Hall–Kier alpha value is -1.69. The van der Waals surface area contributed by atoms with Gasteiger partial charge in [-0.15, -0.1) is 0 Å². The lowest BCUT2D eigenvalue weighted by atomic mass is 10.2. The molecule has 1 fully saturated rings. The summed E-state index contributed by atoms with van der Waals surface area (Å²) in [7, 11) is 0. The first-order valence-electron chi connectivity index (χ1n) is 6.60. The van der Waals surface area contributed by atoms with Gasteiger partial charge in [-0.1, -0.05) is 15.9 Å². The number of amides is 1. The number of carbonyl (C=O) groups excluding carboxylic acids is 2. The van der Waals surface area contributed by atoms with Gasteiger partial charge in [0, 0.05) is 22.2 Å². The van der Waals surface area contributed by atoms with E-state index in [1.807, 2.05) is 0 Å². The number of halogens is 2. The third-order valence-electron chi connectivity index (χ3n) is 2.94. The first kappa shape index (κ1) is 15.7. The van der Waals surface area contributed by atoms with Gasteiger partial charge in [0.05, 0.1) is 0 Å². The fourth-order valence-electron chi connectivity index (χ4n) is 1.61. The van der Waals surface area contributed by atoms with Gasteiger partial charge in [0.15, 0.2) is 6.10 Å². The number of nitrogens with one attached hydrogen (secondary N) is 1. The second kappa shape index (κ2) is 6.85. The molecule has 0 saturated heterocycles. The highest BCUT2D eigenvalue weighted by Crippen LogP contribution is 2.19. The van der Waals surface area contributed by atoms with Gasteiger partial charge in [-0.05, 0) is 44.0 Å². The van der Waals surface area contributed by atoms with Crippen molar-refractivity contribution in [3.63, 3.8) is 0 Å². The minimum atomic E-state index is -0.866. The maximum absolute atomic E-state index is 13.5. The van der Waals surface area contributed by atoms with E-state index >= 15 is 0 Å². The average Bonchev–Trinajstić information content (AvgIpc) is 3.23. The average molecular weight is 356 g/mol. The summed E-state index contributed by atoms with van der Waals surface area (Å²) in [5, 5.41) is 2.74. The van der Waals surface area contributed by atoms with Gasteiger partial charge >= 0.3 is 5.97 Å². The molecule has 0 aromatic heterocycles. The molecule has 0 heterocycles. The van der Waals surface area contributed by atoms with E-state index in [1.54, 1.807) is 12.1 Å². The van der Waals surface area contributed by atoms with Crippen molar-refractivity contribution >= 4 is 33.9 Å². The summed E-state index contributed by atoms with van der Waals surface area (Å²) in [5.74, 6) is -1.44. The van der Waals surface area contributed by atoms with Crippen LogP contribution in [0.2, 0.25) is 0 Å². The molecule has 1 amide bonds. The SMILES string of the molecule is C[C@@H](OC(=O)/C=C/c1cc(Br)ccc1F)C(=O)NC1CC1. The highest BCUT2D eigenvalue weighted by atomic mass is 79.9. The lowest BCUT2D eigenvalue weighted by Gasteiger charge is -2.11. The van der Waals surface area contributed by atoms with Gasteiger partial charge in [0.2, 0.25) is 0 Å². The second-order valence-corrected chi connectivity index (χ2v) is 5.78. The van der Waals surface area contributed by atoms with E-state index in [0.717, 1.165) is 18.9 Å². The normalized spacial score (nSPS) is 15.8. The summed E-state index contributed by atoms with van der Waals surface area (Å²) >= 11 is 3.22. The molecule has 6 heteroatoms. The summed E-state index contributed by atoms with van der Waals surface area (Å²) in [5.41, 5.74) is 0.261. The molecule has 21 heavy (non-hydrogen) atoms. The Morgan fingerprint density at radius 2 is 2.19 bits per heavy atom. The molecule has 1 N–H and O–H groups in total. The van der Waals surface area contributed by atoms with E-state index in [9.17, 15) is 14.0 Å². The molecule has 0 bridgehead atoms. The Balaban J connectivity index is 1.89. The van der Waals surface area contributed by atoms with Crippen molar-refractivity contribution in [1.29, 1.82) is 0 Å². The first-order valence-corrected chi connectivity index (χ1v) is 7.39. The standard InChI is InChI=1S/C15H15BrFNO3/c1-9(15(20)18-12-4-5-12)21-14(19)7-2-10-8-11(16)3-6-13(10)17/h2-3,6-9,12H,4-5H2,1H3,(H,18,20)/b7-2+/t9-/m1/s1. The van der Waals surface area contributed by atoms with Gasteiger partial charge in [0.1, 0.15) is 5.82 Å². The molecule has 1 aromatic rings. The topological polar surface area (TPSA) is 55.4 Å². The zero-order chi connectivity index (χ0) is 15.4. The molecule has 112 valence electrons. The molecular formula is C15H15BrFNO3. The van der Waals surface area contributed by atoms with Crippen LogP contribution >= 0.6 is 15.9 Å². The van der Waals surface area contributed by atoms with Crippen molar-refractivity contribution in [1.82, 2.24) is 5.32 Å². The second-order valence-electron chi connectivity index (χ2n) is 4.86. The van der Waals surface area contributed by atoms with E-state index in [1.165, 1.54) is 19.1 Å². The van der Waals surface area contributed by atoms with E-state index in [0.29, 0.717) is 4.47 Å². The Morgan fingerprint density at radius 1 is 1.48 bits per heavy atom. The van der Waals surface area contributed by atoms with E-state index < -0.39 is 17.9 Å². The van der Waals surface area contributed by atoms with Crippen molar-refractivity contribution < 1.29 is 18.7 Å². The van der Waals surface area contributed by atoms with Crippen LogP contribution in [-0.2, 0) is 14.3 Å². The fraction of sp³-hybridized carbons (Fsp3) is 0.333. The number of hydrogen-bond acceptors (Lipinski definition) is 3. The Labute approximate surface area is 130 Å². The van der Waals surface area contributed by atoms with Crippen LogP contribution in [0, 0.1) is 5.82 Å². The van der Waals surface area contributed by atoms with Crippen molar-refractivity contribution in [2.45, 2.75) is 31.9 Å². The molecule has 1 atom stereocenters. The molecule has 1 saturated carbocycles. The number of carbonyl (C=O) groups is 2. The van der Waals surface area contributed by atoms with Crippen LogP contribution in [0.15, 0.2) is 28.7 Å². The van der Waals surface area contributed by atoms with Gasteiger partial charge in [-0.2, -0.15) is 0 Å². The lowest BCUT2D eigenvalue weighted by molar-refractivity contribution is -0.150. The molecule has 1 aliphatic rings. The highest BCUT2D eigenvalue weighted by molar-refractivity contribution is 9.10. The molecule has 0 aliphatic heterocycles. The van der Waals surface area contributed by atoms with Crippen molar-refractivity contribution in [2.24, 2.45) is 0 Å². The van der Waals surface area contributed by atoms with Crippen LogP contribution in [0.5, 0.6) is 0 Å². The molecule has 2 rings (SSSR count). The number of benzene rings is 1. The highest BCUT2D eigenvalue weighted by Gasteiger charge is 2.26. The maximum atomic E-state index is 13.5. The summed E-state index contributed by atoms with van der Waals surface area (Å²) in [6.45, 7) is 1.50. The van der Waals surface area contributed by atoms with E-state index in [-0.39, 0.29) is 17.5 Å². The van der Waals surface area contributed by atoms with Crippen LogP contribution in [0.4, 0.5) is 4.39 Å². The monoisotopic (exact) mass is 355 g/mol. The Kier molecular flexibility index (Phi) is 5.12. The van der Waals surface area contributed by atoms with Crippen LogP contribution < -0.4 is 5.32 Å². The molecule has 0 spiro atoms. The molecule has 4 nitrogen and oxygen atoms in total. The van der Waals surface area contributed by atoms with Gasteiger partial charge < -0.3 is 10.1 Å². The van der Waals surface area contributed by atoms with Crippen LogP contribution in [0.3, 0.4) is 0 Å². The van der Waals surface area contributed by atoms with Crippen LogP contribution in [0.1, 0.15) is 25.3 Å². The van der Waals surface area contributed by atoms with E-state index in [2.05, 4.69) is 21.2 Å². The Morgan fingerprint density at radius 3 is 2.86 bits per heavy atom. The molecule has 1 aromatic carbocycles. The summed E-state index contributed by atoms with van der Waals surface area (Å²) in [6, 6.07) is 4.61. The predicted molar refractivity (Wildman–Crippen MR) is 79.9 cm³/mol. The van der Waals surface area contributed by atoms with Gasteiger partial charge in [0.25, 0.3) is 5.91 Å². The predicted octanol–water partition coefficient (Wildman–Crippen LogP) is 2.81. The number of esters is 1. The quantitative estimate of drug-likeness (QED) is 0.652. The third-order valence-corrected chi connectivity index (χ3v) is 3.44. The van der Waals surface area contributed by atoms with Crippen LogP contribution in [0.25, 0.3) is 6.08 Å². The number of rotatable bonds is 5. The molecular weight excluding hydrogens is 341 g/mol. The lowest BCUT2D eigenvalue weighted by Crippen LogP contribution is -2.36. The molecule has 1 aliphatic carbocycles. The first-order chi connectivity index (χ1) is 9.95. The maximum Gasteiger partial charge on any atom is 0.331 e. The fourth-order valence-corrected chi connectivity index (χ4v) is 1.99. The summed E-state index contributed by atoms with van der Waals surface area (Å²) < 4.78 is 19.1. The largest absolute Gasteiger partial charge is 0.449 e. The molecule has 0 radical (unpaired) electrons. The van der Waals surface area contributed by atoms with Crippen LogP contribution in [-0.4, -0.2) is 24.0 Å². The Bertz CT molecular complexity index is 584. The van der Waals surface area contributed by atoms with Crippen molar-refractivity contribution in [2.75, 3.05) is 0 Å². The smallest absolute Gasteiger partial charge is 0.331 e. The van der Waals surface area contributed by atoms with Gasteiger partial charge in [-0.25, -0.2) is 9.18 Å². The van der Waals surface area contributed by atoms with Crippen molar-refractivity contribution in [3.8, 4) is 0 Å². The van der Waals surface area contributed by atoms with Crippen molar-refractivity contribution in [3.05, 3.63) is 40.1 Å². The number of ether oxygens (including phenoxy) is 1. The number of hydrogen-bond donors (Lipinski definition) is 1. The summed E-state index contributed by atoms with van der Waals surface area (Å²) in [6.07, 6.45) is 3.48. The van der Waals surface area contributed by atoms with E-state index in [4.69, 9.17) is 4.74 Å². The zero-order valence-corrected chi connectivity index (χ0v) is 13.0. The molecule has 0 unspecified atom stereocenters. The summed E-state index contributed by atoms with van der Waals surface area (Å²) in [4.78, 5) is 23.2. The minimum Gasteiger partial charge on any atom is -0.449 e. The third kappa shape index (κ3) is 4.97.